The number of halogens is 1. The van der Waals surface area contributed by atoms with Crippen LogP contribution in [0.4, 0.5) is 5.82 Å². The van der Waals surface area contributed by atoms with E-state index in [0.717, 1.165) is 0 Å². The average Bonchev–Trinajstić information content (AvgIpc) is 2.36. The number of ether oxygens (including phenoxy) is 1. The van der Waals surface area contributed by atoms with Gasteiger partial charge in [0.1, 0.15) is 4.60 Å². The van der Waals surface area contributed by atoms with Crippen molar-refractivity contribution in [2.75, 3.05) is 24.9 Å². The normalized spacial score (nSPS) is 39.6. The van der Waals surface area contributed by atoms with E-state index in [0.29, 0.717) is 0 Å². The monoisotopic (exact) mass is 253 g/mol. The van der Waals surface area contributed by atoms with Gasteiger partial charge in [0.15, 0.2) is 5.82 Å². The zero-order chi connectivity index (χ0) is 18.0. The van der Waals surface area contributed by atoms with E-state index in [9.17, 15) is 0 Å². The molecule has 0 aliphatic carbocycles. The highest BCUT2D eigenvalue weighted by atomic mass is 79.9. The zero-order valence-corrected chi connectivity index (χ0v) is 7.71. The number of aromatic nitrogens is 2. The first-order valence-corrected chi connectivity index (χ1v) is 3.96. The van der Waals surface area contributed by atoms with Crippen LogP contribution in [0.1, 0.15) is 13.7 Å². The minimum Gasteiger partial charge on any atom is -0.378 e. The van der Waals surface area contributed by atoms with Gasteiger partial charge < -0.3 is 9.64 Å². The molecule has 0 spiro atoms. The number of hydrogen-bond acceptors (Lipinski definition) is 4. The first kappa shape index (κ1) is 2.90. The van der Waals surface area contributed by atoms with Crippen LogP contribution >= 0.6 is 15.9 Å². The van der Waals surface area contributed by atoms with Crippen molar-refractivity contribution in [1.82, 2.24) is 10.2 Å². The number of rotatable bonds is 2. The first-order chi connectivity index (χ1) is 10.2. The minimum atomic E-state index is -3.20. The van der Waals surface area contributed by atoms with Crippen LogP contribution in [-0.4, -0.2) is 36.3 Å². The van der Waals surface area contributed by atoms with Gasteiger partial charge in [-0.3, -0.25) is 0 Å². The molecule has 2 heterocycles. The van der Waals surface area contributed by atoms with E-state index in [1.807, 2.05) is 0 Å². The maximum atomic E-state index is 7.84. The molecule has 0 atom stereocenters. The van der Waals surface area contributed by atoms with E-state index in [-0.39, 0.29) is 9.50 Å². The third kappa shape index (κ3) is 1.81. The second-order valence-electron chi connectivity index (χ2n) is 2.05. The molecule has 0 aromatic carbocycles. The summed E-state index contributed by atoms with van der Waals surface area (Å²) in [6, 6.07) is -1.09. The first-order valence-electron chi connectivity index (χ1n) is 8.17. The Labute approximate surface area is 99.1 Å². The molecule has 0 saturated carbocycles. The van der Waals surface area contributed by atoms with E-state index in [1.165, 1.54) is 0 Å². The summed E-state index contributed by atoms with van der Waals surface area (Å²) in [7, 11) is -3.20. The third-order valence-corrected chi connectivity index (χ3v) is 1.61. The summed E-state index contributed by atoms with van der Waals surface area (Å²) in [6.45, 7) is -5.93. The molecule has 4 nitrogen and oxygen atoms in total. The lowest BCUT2D eigenvalue weighted by Gasteiger charge is -2.38. The molecule has 2 rings (SSSR count). The largest absolute Gasteiger partial charge is 0.378 e. The smallest absolute Gasteiger partial charge is 0.151 e. The third-order valence-electron chi connectivity index (χ3n) is 1.25. The van der Waals surface area contributed by atoms with Crippen LogP contribution in [0.2, 0.25) is 0 Å². The SMILES string of the molecule is [2H]c1c(Br)nnc(N2C([2H])([2H])C([2H])(OC([2H])([2H])[2H])C2([2H])[2H])c1[2H]. The van der Waals surface area contributed by atoms with Crippen molar-refractivity contribution in [3.63, 3.8) is 0 Å². The van der Waals surface area contributed by atoms with Gasteiger partial charge in [0.05, 0.1) is 19.8 Å². The van der Waals surface area contributed by atoms with E-state index >= 15 is 0 Å². The van der Waals surface area contributed by atoms with E-state index in [1.54, 1.807) is 0 Å². The molecule has 1 aliphatic rings. The van der Waals surface area contributed by atoms with Crippen molar-refractivity contribution < 1.29 is 18.4 Å². The van der Waals surface area contributed by atoms with Gasteiger partial charge in [0.2, 0.25) is 0 Å². The Morgan fingerprint density at radius 3 is 3.46 bits per heavy atom. The van der Waals surface area contributed by atoms with Crippen molar-refractivity contribution in [3.05, 3.63) is 16.7 Å². The van der Waals surface area contributed by atoms with Crippen LogP contribution < -0.4 is 4.90 Å². The zero-order valence-electron chi connectivity index (χ0n) is 16.1. The number of nitrogens with zero attached hydrogens (tertiary/aromatic N) is 3. The highest BCUT2D eigenvalue weighted by Crippen LogP contribution is 2.19. The summed E-state index contributed by atoms with van der Waals surface area (Å²) >= 11 is 2.87. The Balaban J connectivity index is 2.54. The van der Waals surface area contributed by atoms with Crippen LogP contribution in [-0.2, 0) is 4.74 Å². The molecule has 0 bridgehead atoms. The van der Waals surface area contributed by atoms with Gasteiger partial charge in [-0.05, 0) is 28.0 Å². The van der Waals surface area contributed by atoms with Gasteiger partial charge >= 0.3 is 0 Å². The second kappa shape index (κ2) is 3.59. The maximum absolute atomic E-state index is 7.84. The molecule has 0 unspecified atom stereocenters. The summed E-state index contributed by atoms with van der Waals surface area (Å²) in [5, 5.41) is 6.94. The molecular formula is C8H10BrN3O. The summed E-state index contributed by atoms with van der Waals surface area (Å²) in [6.07, 6.45) is -3.09. The highest BCUT2D eigenvalue weighted by molar-refractivity contribution is 9.10. The summed E-state index contributed by atoms with van der Waals surface area (Å²) < 4.78 is 79.8. The Bertz CT molecular complexity index is 634. The predicted molar refractivity (Wildman–Crippen MR) is 52.7 cm³/mol. The minimum absolute atomic E-state index is 0.0937. The lowest BCUT2D eigenvalue weighted by atomic mass is 10.2. The Morgan fingerprint density at radius 1 is 1.85 bits per heavy atom. The molecular weight excluding hydrogens is 234 g/mol. The Morgan fingerprint density at radius 2 is 2.69 bits per heavy atom. The fourth-order valence-electron chi connectivity index (χ4n) is 0.704. The van der Waals surface area contributed by atoms with Gasteiger partial charge in [-0.1, -0.05) is 0 Å². The molecule has 1 aliphatic heterocycles. The fourth-order valence-corrected chi connectivity index (χ4v) is 0.882. The van der Waals surface area contributed by atoms with Crippen molar-refractivity contribution in [3.8, 4) is 0 Å². The molecule has 0 N–H and O–H groups in total. The highest BCUT2D eigenvalue weighted by Gasteiger charge is 2.27. The van der Waals surface area contributed by atoms with Crippen molar-refractivity contribution in [1.29, 1.82) is 0 Å². The number of anilines is 1. The van der Waals surface area contributed by atoms with Crippen LogP contribution in [0.3, 0.4) is 0 Å². The van der Waals surface area contributed by atoms with Crippen molar-refractivity contribution in [2.24, 2.45) is 0 Å². The summed E-state index contributed by atoms with van der Waals surface area (Å²) in [5.41, 5.74) is 0. The fraction of sp³-hybridized carbons (Fsp3) is 0.500. The lowest BCUT2D eigenvalue weighted by molar-refractivity contribution is 0.0782. The molecule has 0 radical (unpaired) electrons. The molecule has 5 heteroatoms. The van der Waals surface area contributed by atoms with Gasteiger partial charge in [-0.15, -0.1) is 10.2 Å². The summed E-state index contributed by atoms with van der Waals surface area (Å²) in [4.78, 5) is 0.276. The molecule has 1 aromatic heterocycles. The van der Waals surface area contributed by atoms with E-state index in [4.69, 9.17) is 13.7 Å². The van der Waals surface area contributed by atoms with Crippen LogP contribution in [0.25, 0.3) is 0 Å². The van der Waals surface area contributed by atoms with Crippen molar-refractivity contribution in [2.45, 2.75) is 6.08 Å². The second-order valence-corrected chi connectivity index (χ2v) is 2.81. The molecule has 13 heavy (non-hydrogen) atoms. The van der Waals surface area contributed by atoms with Gasteiger partial charge in [-0.25, -0.2) is 0 Å². The number of methoxy groups -OCH3 is 1. The molecule has 70 valence electrons. The van der Waals surface area contributed by atoms with E-state index < -0.39 is 44.0 Å². The molecule has 0 amide bonds. The average molecular weight is 254 g/mol. The topological polar surface area (TPSA) is 38.2 Å². The number of hydrogen-bond donors (Lipinski definition) is 0. The van der Waals surface area contributed by atoms with Crippen LogP contribution in [0.15, 0.2) is 16.7 Å². The maximum Gasteiger partial charge on any atom is 0.151 e. The molecule has 1 aromatic rings. The van der Waals surface area contributed by atoms with Gasteiger partial charge in [0, 0.05) is 20.0 Å². The Hall–Kier alpha value is -0.680. The standard InChI is InChI=1S/C8H10BrN3O/c1-13-6-4-12(5-6)8-3-2-7(9)10-11-8/h2-3,6H,4-5H2,1H3/i1D3,2D,3D,4D2,5D2,6D. The lowest BCUT2D eigenvalue weighted by Crippen LogP contribution is -2.52. The molecule has 1 saturated heterocycles. The quantitative estimate of drug-likeness (QED) is 0.791. The van der Waals surface area contributed by atoms with Gasteiger partial charge in [0.25, 0.3) is 0 Å². The van der Waals surface area contributed by atoms with Crippen LogP contribution in [0.5, 0.6) is 0 Å². The van der Waals surface area contributed by atoms with E-state index in [2.05, 4.69) is 30.9 Å². The predicted octanol–water partition coefficient (Wildman–Crippen LogP) is 1.07. The Kier molecular flexibility index (Phi) is 0.802. The summed E-state index contributed by atoms with van der Waals surface area (Å²) in [5.74, 6) is -0.634. The van der Waals surface area contributed by atoms with Crippen LogP contribution in [0, 0.1) is 0 Å². The van der Waals surface area contributed by atoms with Crippen molar-refractivity contribution >= 4 is 21.7 Å². The van der Waals surface area contributed by atoms with Gasteiger partial charge in [-0.2, -0.15) is 0 Å². The molecule has 1 fully saturated rings.